The maximum absolute atomic E-state index is 8.80. The number of nitrogens with zero attached hydrogens (tertiary/aromatic N) is 2. The Bertz CT molecular complexity index is 821. The van der Waals surface area contributed by atoms with Crippen molar-refractivity contribution in [2.45, 2.75) is 5.16 Å². The summed E-state index contributed by atoms with van der Waals surface area (Å²) in [6.45, 7) is 0.958. The van der Waals surface area contributed by atoms with E-state index in [1.165, 1.54) is 0 Å². The molecule has 0 aliphatic rings. The van der Waals surface area contributed by atoms with Gasteiger partial charge in [-0.3, -0.25) is 4.57 Å². The van der Waals surface area contributed by atoms with Crippen LogP contribution in [0.4, 0.5) is 0 Å². The molecule has 0 atom stereocenters. The van der Waals surface area contributed by atoms with E-state index < -0.39 is 0 Å². The van der Waals surface area contributed by atoms with Gasteiger partial charge in [0.2, 0.25) is 0 Å². The lowest BCUT2D eigenvalue weighted by molar-refractivity contribution is 0.103. The predicted molar refractivity (Wildman–Crippen MR) is 104 cm³/mol. The van der Waals surface area contributed by atoms with Crippen molar-refractivity contribution in [3.05, 3.63) is 60.8 Å². The van der Waals surface area contributed by atoms with Gasteiger partial charge in [0.25, 0.3) is 0 Å². The molecule has 26 heavy (non-hydrogen) atoms. The van der Waals surface area contributed by atoms with Crippen molar-refractivity contribution < 1.29 is 14.6 Å². The maximum atomic E-state index is 8.80. The predicted octanol–water partition coefficient (Wildman–Crippen LogP) is 3.65. The standard InChI is InChI=1S/C20H22N2O3S/c1-24-19-10-6-5-9-17(19)22-18(16-7-3-2-4-8-16)15-21-20(22)26-14-13-25-12-11-23/h2-10,15,23H,11-14H2,1H3. The molecule has 0 fully saturated rings. The summed E-state index contributed by atoms with van der Waals surface area (Å²) in [5.41, 5.74) is 3.05. The lowest BCUT2D eigenvalue weighted by Crippen LogP contribution is -2.05. The smallest absolute Gasteiger partial charge is 0.173 e. The van der Waals surface area contributed by atoms with Gasteiger partial charge in [0.15, 0.2) is 5.16 Å². The molecule has 0 spiro atoms. The first-order valence-corrected chi connectivity index (χ1v) is 9.41. The van der Waals surface area contributed by atoms with Crippen LogP contribution in [0.3, 0.4) is 0 Å². The summed E-state index contributed by atoms with van der Waals surface area (Å²) < 4.78 is 13.0. The molecule has 0 unspecified atom stereocenters. The summed E-state index contributed by atoms with van der Waals surface area (Å²) in [5.74, 6) is 1.54. The van der Waals surface area contributed by atoms with E-state index in [1.54, 1.807) is 18.9 Å². The molecule has 0 aliphatic heterocycles. The second-order valence-corrected chi connectivity index (χ2v) is 6.55. The Morgan fingerprint density at radius 1 is 1.04 bits per heavy atom. The minimum absolute atomic E-state index is 0.0403. The third-order valence-corrected chi connectivity index (χ3v) is 4.74. The largest absolute Gasteiger partial charge is 0.495 e. The van der Waals surface area contributed by atoms with Gasteiger partial charge in [-0.1, -0.05) is 54.2 Å². The second-order valence-electron chi connectivity index (χ2n) is 5.48. The van der Waals surface area contributed by atoms with Crippen LogP contribution in [0.15, 0.2) is 66.0 Å². The Balaban J connectivity index is 1.96. The van der Waals surface area contributed by atoms with Crippen molar-refractivity contribution in [2.24, 2.45) is 0 Å². The highest BCUT2D eigenvalue weighted by molar-refractivity contribution is 7.99. The zero-order chi connectivity index (χ0) is 18.2. The molecule has 6 heteroatoms. The Kier molecular flexibility index (Phi) is 6.71. The molecule has 136 valence electrons. The van der Waals surface area contributed by atoms with Gasteiger partial charge < -0.3 is 14.6 Å². The monoisotopic (exact) mass is 370 g/mol. The van der Waals surface area contributed by atoms with Gasteiger partial charge >= 0.3 is 0 Å². The molecule has 2 aromatic carbocycles. The molecule has 1 N–H and O–H groups in total. The number of aromatic nitrogens is 2. The quantitative estimate of drug-likeness (QED) is 0.460. The fourth-order valence-corrected chi connectivity index (χ4v) is 3.49. The van der Waals surface area contributed by atoms with Crippen LogP contribution < -0.4 is 4.74 Å². The SMILES string of the molecule is COc1ccccc1-n1c(-c2ccccc2)cnc1SCCOCCO. The first kappa shape index (κ1) is 18.5. The van der Waals surface area contributed by atoms with Crippen molar-refractivity contribution in [1.82, 2.24) is 9.55 Å². The van der Waals surface area contributed by atoms with E-state index in [4.69, 9.17) is 14.6 Å². The van der Waals surface area contributed by atoms with Crippen LogP contribution in [0.5, 0.6) is 5.75 Å². The lowest BCUT2D eigenvalue weighted by atomic mass is 10.1. The number of rotatable bonds is 9. The molecule has 0 saturated heterocycles. The molecule has 3 rings (SSSR count). The number of aliphatic hydroxyl groups excluding tert-OH is 1. The summed E-state index contributed by atoms with van der Waals surface area (Å²) in [5, 5.41) is 9.68. The Morgan fingerprint density at radius 3 is 2.58 bits per heavy atom. The van der Waals surface area contributed by atoms with E-state index in [0.717, 1.165) is 33.6 Å². The topological polar surface area (TPSA) is 56.5 Å². The summed E-state index contributed by atoms with van der Waals surface area (Å²) in [6.07, 6.45) is 1.89. The fraction of sp³-hybridized carbons (Fsp3) is 0.250. The number of hydrogen-bond acceptors (Lipinski definition) is 5. The molecule has 1 heterocycles. The zero-order valence-corrected chi connectivity index (χ0v) is 15.5. The van der Waals surface area contributed by atoms with Gasteiger partial charge in [-0.25, -0.2) is 4.98 Å². The normalized spacial score (nSPS) is 10.8. The summed E-state index contributed by atoms with van der Waals surface area (Å²) >= 11 is 1.62. The zero-order valence-electron chi connectivity index (χ0n) is 14.7. The third kappa shape index (κ3) is 4.27. The van der Waals surface area contributed by atoms with Crippen LogP contribution >= 0.6 is 11.8 Å². The molecule has 3 aromatic rings. The number of para-hydroxylation sites is 2. The van der Waals surface area contributed by atoms with Gasteiger partial charge in [0, 0.05) is 11.3 Å². The Labute approximate surface area is 157 Å². The number of imidazole rings is 1. The van der Waals surface area contributed by atoms with Crippen LogP contribution in [0.2, 0.25) is 0 Å². The molecule has 5 nitrogen and oxygen atoms in total. The summed E-state index contributed by atoms with van der Waals surface area (Å²) in [7, 11) is 1.67. The van der Waals surface area contributed by atoms with Gasteiger partial charge in [0.1, 0.15) is 5.75 Å². The number of aliphatic hydroxyl groups is 1. The van der Waals surface area contributed by atoms with Gasteiger partial charge in [0.05, 0.1) is 44.5 Å². The highest BCUT2D eigenvalue weighted by atomic mass is 32.2. The van der Waals surface area contributed by atoms with Crippen LogP contribution in [0, 0.1) is 0 Å². The number of hydrogen-bond donors (Lipinski definition) is 1. The summed E-state index contributed by atoms with van der Waals surface area (Å²) in [6, 6.07) is 18.1. The van der Waals surface area contributed by atoms with Crippen molar-refractivity contribution in [1.29, 1.82) is 0 Å². The van der Waals surface area contributed by atoms with Crippen LogP contribution in [0.1, 0.15) is 0 Å². The number of ether oxygens (including phenoxy) is 2. The van der Waals surface area contributed by atoms with E-state index in [1.807, 2.05) is 48.7 Å². The first-order chi connectivity index (χ1) is 12.8. The minimum Gasteiger partial charge on any atom is -0.495 e. The number of thioether (sulfide) groups is 1. The minimum atomic E-state index is 0.0403. The van der Waals surface area contributed by atoms with E-state index in [9.17, 15) is 0 Å². The molecule has 0 radical (unpaired) electrons. The second kappa shape index (κ2) is 9.43. The fourth-order valence-electron chi connectivity index (χ4n) is 2.66. The number of methoxy groups -OCH3 is 1. The lowest BCUT2D eigenvalue weighted by Gasteiger charge is -2.15. The van der Waals surface area contributed by atoms with Crippen LogP contribution in [0.25, 0.3) is 16.9 Å². The van der Waals surface area contributed by atoms with Crippen molar-refractivity contribution in [2.75, 3.05) is 32.7 Å². The van der Waals surface area contributed by atoms with E-state index in [2.05, 4.69) is 21.7 Å². The van der Waals surface area contributed by atoms with Crippen molar-refractivity contribution in [3.63, 3.8) is 0 Å². The molecular formula is C20H22N2O3S. The third-order valence-electron chi connectivity index (χ3n) is 3.82. The molecule has 1 aromatic heterocycles. The Hall–Kier alpha value is -2.28. The molecule has 0 amide bonds. The average Bonchev–Trinajstić information content (AvgIpc) is 3.12. The average molecular weight is 370 g/mol. The summed E-state index contributed by atoms with van der Waals surface area (Å²) in [4.78, 5) is 4.63. The van der Waals surface area contributed by atoms with Gasteiger partial charge in [-0.15, -0.1) is 0 Å². The molecule has 0 aliphatic carbocycles. The van der Waals surface area contributed by atoms with E-state index in [0.29, 0.717) is 13.2 Å². The molecular weight excluding hydrogens is 348 g/mol. The van der Waals surface area contributed by atoms with Gasteiger partial charge in [-0.05, 0) is 12.1 Å². The van der Waals surface area contributed by atoms with Crippen molar-refractivity contribution >= 4 is 11.8 Å². The molecule has 0 bridgehead atoms. The highest BCUT2D eigenvalue weighted by Crippen LogP contribution is 2.33. The van der Waals surface area contributed by atoms with Crippen LogP contribution in [-0.4, -0.2) is 47.3 Å². The highest BCUT2D eigenvalue weighted by Gasteiger charge is 2.16. The van der Waals surface area contributed by atoms with Crippen LogP contribution in [-0.2, 0) is 4.74 Å². The number of benzene rings is 2. The van der Waals surface area contributed by atoms with Crippen molar-refractivity contribution in [3.8, 4) is 22.7 Å². The van der Waals surface area contributed by atoms with Gasteiger partial charge in [-0.2, -0.15) is 0 Å². The molecule has 0 saturated carbocycles. The first-order valence-electron chi connectivity index (χ1n) is 8.43. The maximum Gasteiger partial charge on any atom is 0.173 e. The van der Waals surface area contributed by atoms with E-state index in [-0.39, 0.29) is 6.61 Å². The Morgan fingerprint density at radius 2 is 1.81 bits per heavy atom. The van der Waals surface area contributed by atoms with E-state index >= 15 is 0 Å².